The molecule has 0 spiro atoms. The second kappa shape index (κ2) is 8.74. The lowest BCUT2D eigenvalue weighted by Crippen LogP contribution is -2.39. The lowest BCUT2D eigenvalue weighted by atomic mass is 9.96. The second-order valence-corrected chi connectivity index (χ2v) is 9.51. The number of hydrogen-bond acceptors (Lipinski definition) is 5. The first-order chi connectivity index (χ1) is 16.4. The second-order valence-electron chi connectivity index (χ2n) is 8.06. The van der Waals surface area contributed by atoms with Crippen LogP contribution in [0, 0.1) is 6.92 Å². The van der Waals surface area contributed by atoms with Crippen molar-refractivity contribution in [1.82, 2.24) is 9.55 Å². The third-order valence-corrected chi connectivity index (χ3v) is 7.16. The molecule has 6 nitrogen and oxygen atoms in total. The van der Waals surface area contributed by atoms with Gasteiger partial charge in [0, 0.05) is 27.2 Å². The first kappa shape index (κ1) is 22.4. The molecule has 0 fully saturated rings. The van der Waals surface area contributed by atoms with Crippen molar-refractivity contribution in [2.24, 2.45) is 4.99 Å². The van der Waals surface area contributed by atoms with Crippen LogP contribution in [-0.4, -0.2) is 22.1 Å². The highest BCUT2D eigenvalue weighted by atomic mass is 35.5. The van der Waals surface area contributed by atoms with Gasteiger partial charge in [-0.3, -0.25) is 9.36 Å². The summed E-state index contributed by atoms with van der Waals surface area (Å²) in [5.41, 5.74) is 4.40. The quantitative estimate of drug-likeness (QED) is 0.434. The minimum absolute atomic E-state index is 0.206. The normalized spacial score (nSPS) is 16.0. The summed E-state index contributed by atoms with van der Waals surface area (Å²) in [5.74, 6) is -0.481. The Kier molecular flexibility index (Phi) is 5.75. The van der Waals surface area contributed by atoms with Crippen molar-refractivity contribution >= 4 is 45.9 Å². The molecule has 0 aliphatic carbocycles. The number of esters is 1. The van der Waals surface area contributed by atoms with Crippen LogP contribution < -0.4 is 14.9 Å². The van der Waals surface area contributed by atoms with Crippen LogP contribution in [-0.2, 0) is 9.53 Å². The molecule has 1 atom stereocenters. The van der Waals surface area contributed by atoms with Crippen LogP contribution in [0.5, 0.6) is 0 Å². The van der Waals surface area contributed by atoms with E-state index in [2.05, 4.69) is 9.98 Å². The number of aryl methyl sites for hydroxylation is 1. The summed E-state index contributed by atoms with van der Waals surface area (Å²) in [4.78, 5) is 35.2. The molecule has 0 saturated carbocycles. The van der Waals surface area contributed by atoms with Gasteiger partial charge in [0.1, 0.15) is 0 Å². The summed E-state index contributed by atoms with van der Waals surface area (Å²) in [5, 5.41) is 1.62. The Morgan fingerprint density at radius 1 is 1.21 bits per heavy atom. The van der Waals surface area contributed by atoms with E-state index in [0.717, 1.165) is 27.7 Å². The molecule has 0 radical (unpaired) electrons. The molecule has 0 amide bonds. The fraction of sp³-hybridized carbons (Fsp3) is 0.192. The van der Waals surface area contributed by atoms with Gasteiger partial charge in [0.25, 0.3) is 5.56 Å². The van der Waals surface area contributed by atoms with E-state index in [1.165, 1.54) is 11.3 Å². The lowest BCUT2D eigenvalue weighted by molar-refractivity contribution is -0.139. The van der Waals surface area contributed by atoms with Gasteiger partial charge >= 0.3 is 5.97 Å². The van der Waals surface area contributed by atoms with Crippen molar-refractivity contribution in [3.8, 4) is 0 Å². The standard InChI is InChI=1S/C26H22ClN3O3S/c1-4-33-25(32)22-15(3)29-26-30(23(22)16-9-11-17(27)12-10-16)24(31)21(34-26)13-19-14(2)28-20-8-6-5-7-18(19)20/h5-13,23,28H,4H2,1-3H3/b21-13+/t23-/m0/s1. The molecule has 0 bridgehead atoms. The van der Waals surface area contributed by atoms with E-state index in [4.69, 9.17) is 16.3 Å². The number of H-pyrrole nitrogens is 1. The van der Waals surface area contributed by atoms with Gasteiger partial charge in [0.2, 0.25) is 0 Å². The summed E-state index contributed by atoms with van der Waals surface area (Å²) in [7, 11) is 0. The molecule has 5 rings (SSSR count). The molecule has 172 valence electrons. The Balaban J connectivity index is 1.76. The summed E-state index contributed by atoms with van der Waals surface area (Å²) < 4.78 is 7.46. The zero-order valence-electron chi connectivity index (χ0n) is 18.9. The number of carbonyl (C=O) groups is 1. The molecule has 1 aliphatic rings. The van der Waals surface area contributed by atoms with E-state index in [0.29, 0.717) is 25.6 Å². The molecule has 2 aromatic carbocycles. The number of rotatable bonds is 4. The first-order valence-corrected chi connectivity index (χ1v) is 12.1. The van der Waals surface area contributed by atoms with Crippen LogP contribution in [0.3, 0.4) is 0 Å². The molecule has 1 aliphatic heterocycles. The van der Waals surface area contributed by atoms with E-state index >= 15 is 0 Å². The van der Waals surface area contributed by atoms with Gasteiger partial charge in [0.05, 0.1) is 28.5 Å². The van der Waals surface area contributed by atoms with Crippen LogP contribution >= 0.6 is 22.9 Å². The van der Waals surface area contributed by atoms with Crippen molar-refractivity contribution in [3.05, 3.63) is 101 Å². The molecular weight excluding hydrogens is 470 g/mol. The Hall–Kier alpha value is -3.42. The summed E-state index contributed by atoms with van der Waals surface area (Å²) in [6.45, 7) is 5.75. The lowest BCUT2D eigenvalue weighted by Gasteiger charge is -2.24. The van der Waals surface area contributed by atoms with Gasteiger partial charge in [0.15, 0.2) is 4.80 Å². The molecular formula is C26H22ClN3O3S. The third-order valence-electron chi connectivity index (χ3n) is 5.92. The van der Waals surface area contributed by atoms with Crippen molar-refractivity contribution in [3.63, 3.8) is 0 Å². The van der Waals surface area contributed by atoms with Crippen LogP contribution in [0.15, 0.2) is 69.6 Å². The number of benzene rings is 2. The number of nitrogens with zero attached hydrogens (tertiary/aromatic N) is 2. The average molecular weight is 492 g/mol. The molecule has 8 heteroatoms. The van der Waals surface area contributed by atoms with E-state index in [9.17, 15) is 9.59 Å². The monoisotopic (exact) mass is 491 g/mol. The fourth-order valence-electron chi connectivity index (χ4n) is 4.37. The van der Waals surface area contributed by atoms with Gasteiger partial charge in [-0.1, -0.05) is 53.3 Å². The fourth-order valence-corrected chi connectivity index (χ4v) is 5.52. The number of aromatic nitrogens is 2. The number of fused-ring (bicyclic) bond motifs is 2. The largest absolute Gasteiger partial charge is 0.463 e. The number of aromatic amines is 1. The predicted octanol–water partition coefficient (Wildman–Crippen LogP) is 4.24. The maximum Gasteiger partial charge on any atom is 0.338 e. The van der Waals surface area contributed by atoms with Crippen LogP contribution in [0.1, 0.15) is 36.7 Å². The zero-order valence-corrected chi connectivity index (χ0v) is 20.5. The molecule has 0 saturated heterocycles. The Labute approximate surface area is 204 Å². The number of halogens is 1. The molecule has 34 heavy (non-hydrogen) atoms. The number of nitrogens with one attached hydrogen (secondary N) is 1. The molecule has 1 N–H and O–H groups in total. The maximum atomic E-state index is 13.7. The summed E-state index contributed by atoms with van der Waals surface area (Å²) in [6.07, 6.45) is 1.90. The first-order valence-electron chi connectivity index (χ1n) is 10.9. The van der Waals surface area contributed by atoms with Gasteiger partial charge in [-0.05, 0) is 50.6 Å². The van der Waals surface area contributed by atoms with Crippen molar-refractivity contribution < 1.29 is 9.53 Å². The number of para-hydroxylation sites is 1. The summed E-state index contributed by atoms with van der Waals surface area (Å²) in [6, 6.07) is 14.5. The van der Waals surface area contributed by atoms with Crippen LogP contribution in [0.4, 0.5) is 0 Å². The van der Waals surface area contributed by atoms with Gasteiger partial charge in [-0.2, -0.15) is 0 Å². The smallest absolute Gasteiger partial charge is 0.338 e. The molecule has 4 aromatic rings. The number of carbonyl (C=O) groups excluding carboxylic acids is 1. The predicted molar refractivity (Wildman–Crippen MR) is 135 cm³/mol. The highest BCUT2D eigenvalue weighted by Crippen LogP contribution is 2.31. The van der Waals surface area contributed by atoms with E-state index in [1.807, 2.05) is 49.4 Å². The zero-order chi connectivity index (χ0) is 24.0. The van der Waals surface area contributed by atoms with Gasteiger partial charge in [-0.15, -0.1) is 0 Å². The van der Waals surface area contributed by atoms with Crippen LogP contribution in [0.2, 0.25) is 5.02 Å². The highest BCUT2D eigenvalue weighted by molar-refractivity contribution is 7.07. The van der Waals surface area contributed by atoms with Crippen molar-refractivity contribution in [2.45, 2.75) is 26.8 Å². The van der Waals surface area contributed by atoms with Crippen LogP contribution in [0.25, 0.3) is 17.0 Å². The molecule has 3 heterocycles. The molecule has 2 aromatic heterocycles. The number of thiazole rings is 1. The number of ether oxygens (including phenoxy) is 1. The number of allylic oxidation sites excluding steroid dienone is 1. The maximum absolute atomic E-state index is 13.7. The number of hydrogen-bond donors (Lipinski definition) is 1. The summed E-state index contributed by atoms with van der Waals surface area (Å²) >= 11 is 7.42. The van der Waals surface area contributed by atoms with Crippen molar-refractivity contribution in [2.75, 3.05) is 6.61 Å². The topological polar surface area (TPSA) is 76.4 Å². The Bertz CT molecular complexity index is 1640. The Morgan fingerprint density at radius 3 is 2.68 bits per heavy atom. The highest BCUT2D eigenvalue weighted by Gasteiger charge is 2.33. The van der Waals surface area contributed by atoms with E-state index in [-0.39, 0.29) is 12.2 Å². The minimum Gasteiger partial charge on any atom is -0.463 e. The van der Waals surface area contributed by atoms with E-state index in [1.54, 1.807) is 30.5 Å². The van der Waals surface area contributed by atoms with E-state index < -0.39 is 12.0 Å². The van der Waals surface area contributed by atoms with Gasteiger partial charge in [-0.25, -0.2) is 9.79 Å². The van der Waals surface area contributed by atoms with Gasteiger partial charge < -0.3 is 9.72 Å². The SMILES string of the molecule is CCOC(=O)C1=C(C)N=c2s/c(=C/c3c(C)[nH]c4ccccc34)c(=O)n2[C@H]1c1ccc(Cl)cc1. The molecule has 0 unspecified atom stereocenters. The Morgan fingerprint density at radius 2 is 1.94 bits per heavy atom. The minimum atomic E-state index is -0.654. The average Bonchev–Trinajstić information content (AvgIpc) is 3.29. The van der Waals surface area contributed by atoms with Crippen molar-refractivity contribution in [1.29, 1.82) is 0 Å². The third kappa shape index (κ3) is 3.71.